The first-order valence-electron chi connectivity index (χ1n) is 11.2. The van der Waals surface area contributed by atoms with Crippen LogP contribution in [0.25, 0.3) is 17.0 Å². The number of anilines is 2. The van der Waals surface area contributed by atoms with Crippen LogP contribution in [0.15, 0.2) is 18.2 Å². The van der Waals surface area contributed by atoms with Gasteiger partial charge in [0.05, 0.1) is 24.9 Å². The quantitative estimate of drug-likeness (QED) is 0.341. The Bertz CT molecular complexity index is 1240. The van der Waals surface area contributed by atoms with E-state index in [0.717, 1.165) is 5.69 Å². The van der Waals surface area contributed by atoms with Crippen molar-refractivity contribution in [2.24, 2.45) is 0 Å². The summed E-state index contributed by atoms with van der Waals surface area (Å²) < 4.78 is 6.05. The van der Waals surface area contributed by atoms with E-state index in [9.17, 15) is 14.4 Å². The Morgan fingerprint density at radius 1 is 1.17 bits per heavy atom. The maximum absolute atomic E-state index is 12.3. The van der Waals surface area contributed by atoms with Gasteiger partial charge in [0.1, 0.15) is 5.02 Å². The fraction of sp³-hybridized carbons (Fsp3) is 0.435. The molecule has 0 bridgehead atoms. The van der Waals surface area contributed by atoms with E-state index in [4.69, 9.17) is 11.6 Å². The number of nitrogens with zero attached hydrogens (tertiary/aromatic N) is 3. The molecule has 0 aliphatic carbocycles. The second-order valence-corrected chi connectivity index (χ2v) is 9.37. The van der Waals surface area contributed by atoms with Gasteiger partial charge in [-0.3, -0.25) is 14.7 Å². The first kappa shape index (κ1) is 26.0. The van der Waals surface area contributed by atoms with Crippen molar-refractivity contribution < 1.29 is 19.1 Å². The lowest BCUT2D eigenvalue weighted by Gasteiger charge is -2.16. The zero-order valence-electron chi connectivity index (χ0n) is 20.4. The van der Waals surface area contributed by atoms with Gasteiger partial charge < -0.3 is 20.7 Å². The number of carbonyl (C=O) groups is 3. The monoisotopic (exact) mass is 503 g/mol. The van der Waals surface area contributed by atoms with Gasteiger partial charge in [-0.15, -0.1) is 5.10 Å². The van der Waals surface area contributed by atoms with Gasteiger partial charge in [0.2, 0.25) is 5.91 Å². The topological polar surface area (TPSA) is 143 Å². The van der Waals surface area contributed by atoms with Crippen molar-refractivity contribution in [1.82, 2.24) is 25.1 Å². The number of esters is 1. The van der Waals surface area contributed by atoms with Gasteiger partial charge in [0.25, 0.3) is 0 Å². The third-order valence-corrected chi connectivity index (χ3v) is 5.46. The summed E-state index contributed by atoms with van der Waals surface area (Å²) in [6.45, 7) is 8.12. The van der Waals surface area contributed by atoms with Crippen LogP contribution in [0.1, 0.15) is 52.7 Å². The van der Waals surface area contributed by atoms with E-state index in [-0.39, 0.29) is 24.3 Å². The van der Waals surface area contributed by atoms with Crippen molar-refractivity contribution in [2.75, 3.05) is 24.3 Å². The number of urea groups is 1. The molecule has 1 aromatic carbocycles. The van der Waals surface area contributed by atoms with E-state index in [1.54, 1.807) is 18.2 Å². The van der Waals surface area contributed by atoms with Gasteiger partial charge >= 0.3 is 12.0 Å². The summed E-state index contributed by atoms with van der Waals surface area (Å²) in [6, 6.07) is 4.49. The van der Waals surface area contributed by atoms with E-state index < -0.39 is 12.0 Å². The van der Waals surface area contributed by atoms with Gasteiger partial charge in [0, 0.05) is 29.6 Å². The number of amides is 3. The molecule has 3 rings (SSSR count). The van der Waals surface area contributed by atoms with Crippen LogP contribution in [0.5, 0.6) is 0 Å². The molecule has 11 nitrogen and oxygen atoms in total. The molecule has 188 valence electrons. The number of hydrogen-bond donors (Lipinski definition) is 4. The number of benzene rings is 1. The molecule has 2 heterocycles. The number of methoxy groups -OCH3 is 1. The fourth-order valence-corrected chi connectivity index (χ4v) is 3.77. The average Bonchev–Trinajstić information content (AvgIpc) is 3.34. The molecule has 35 heavy (non-hydrogen) atoms. The molecule has 0 saturated carbocycles. The number of H-pyrrole nitrogens is 1. The molecule has 2 aromatic heterocycles. The standard InChI is InChI=1S/C23H30ClN7O4/c1-6-7-16(32)27-15-9-8-13(26-22(34)25-11-10-17(33)35-5)12-14(15)20-28-21-18(24)19(23(2,3)4)29-31(21)30-20/h8-9,12,29H,6-7,10-11H2,1-5H3,(H,27,32)(H2,25,26,34). The maximum atomic E-state index is 12.3. The summed E-state index contributed by atoms with van der Waals surface area (Å²) in [6.07, 6.45) is 1.11. The molecule has 0 fully saturated rings. The summed E-state index contributed by atoms with van der Waals surface area (Å²) in [7, 11) is 1.28. The number of carbonyl (C=O) groups excluding carboxylic acids is 3. The molecule has 0 atom stereocenters. The third-order valence-electron chi connectivity index (χ3n) is 5.10. The molecular weight excluding hydrogens is 474 g/mol. The Morgan fingerprint density at radius 2 is 1.91 bits per heavy atom. The number of fused-ring (bicyclic) bond motifs is 1. The second kappa shape index (κ2) is 10.8. The van der Waals surface area contributed by atoms with Crippen LogP contribution in [-0.4, -0.2) is 51.4 Å². The summed E-state index contributed by atoms with van der Waals surface area (Å²) in [5.74, 6) is -0.248. The molecule has 0 aliphatic heterocycles. The van der Waals surface area contributed by atoms with Crippen molar-refractivity contribution in [1.29, 1.82) is 0 Å². The number of rotatable bonds is 8. The number of nitrogens with one attached hydrogen (secondary N) is 4. The van der Waals surface area contributed by atoms with Crippen LogP contribution in [0.4, 0.5) is 16.2 Å². The van der Waals surface area contributed by atoms with Gasteiger partial charge in [0.15, 0.2) is 11.5 Å². The van der Waals surface area contributed by atoms with Crippen molar-refractivity contribution in [3.8, 4) is 11.4 Å². The molecular formula is C23H30ClN7O4. The highest BCUT2D eigenvalue weighted by atomic mass is 35.5. The highest BCUT2D eigenvalue weighted by Gasteiger charge is 2.25. The minimum atomic E-state index is -0.495. The smallest absolute Gasteiger partial charge is 0.319 e. The Morgan fingerprint density at radius 3 is 2.54 bits per heavy atom. The van der Waals surface area contributed by atoms with Crippen LogP contribution in [0.3, 0.4) is 0 Å². The van der Waals surface area contributed by atoms with Crippen LogP contribution >= 0.6 is 11.6 Å². The Balaban J connectivity index is 1.91. The minimum Gasteiger partial charge on any atom is -0.469 e. The van der Waals surface area contributed by atoms with E-state index in [2.05, 4.69) is 35.9 Å². The molecule has 0 spiro atoms. The minimum absolute atomic E-state index is 0.0551. The lowest BCUT2D eigenvalue weighted by molar-refractivity contribution is -0.140. The van der Waals surface area contributed by atoms with Crippen LogP contribution in [0, 0.1) is 0 Å². The van der Waals surface area contributed by atoms with E-state index in [1.165, 1.54) is 11.7 Å². The van der Waals surface area contributed by atoms with Crippen molar-refractivity contribution >= 4 is 46.5 Å². The summed E-state index contributed by atoms with van der Waals surface area (Å²) in [5, 5.41) is 16.3. The average molecular weight is 504 g/mol. The number of aromatic nitrogens is 4. The fourth-order valence-electron chi connectivity index (χ4n) is 3.32. The molecule has 3 aromatic rings. The largest absolute Gasteiger partial charge is 0.469 e. The summed E-state index contributed by atoms with van der Waals surface area (Å²) in [5.41, 5.74) is 2.48. The zero-order chi connectivity index (χ0) is 25.8. The highest BCUT2D eigenvalue weighted by Crippen LogP contribution is 2.34. The molecule has 4 N–H and O–H groups in total. The Labute approximate surface area is 207 Å². The first-order chi connectivity index (χ1) is 16.5. The van der Waals surface area contributed by atoms with Gasteiger partial charge in [-0.25, -0.2) is 9.78 Å². The van der Waals surface area contributed by atoms with Crippen LogP contribution < -0.4 is 16.0 Å². The SMILES string of the molecule is CCCC(=O)Nc1ccc(NC(=O)NCCC(=O)OC)cc1-c1nc2c(Cl)c(C(C)(C)C)[nH]n2n1. The molecule has 0 unspecified atom stereocenters. The lowest BCUT2D eigenvalue weighted by Crippen LogP contribution is -2.30. The van der Waals surface area contributed by atoms with E-state index in [1.807, 2.05) is 27.7 Å². The van der Waals surface area contributed by atoms with E-state index >= 15 is 0 Å². The molecule has 0 radical (unpaired) electrons. The van der Waals surface area contributed by atoms with Crippen molar-refractivity contribution in [3.05, 3.63) is 28.9 Å². The summed E-state index contributed by atoms with van der Waals surface area (Å²) >= 11 is 6.57. The van der Waals surface area contributed by atoms with Crippen LogP contribution in [-0.2, 0) is 19.7 Å². The second-order valence-electron chi connectivity index (χ2n) is 8.99. The molecule has 0 saturated heterocycles. The zero-order valence-corrected chi connectivity index (χ0v) is 21.2. The van der Waals surface area contributed by atoms with Crippen molar-refractivity contribution in [3.63, 3.8) is 0 Å². The van der Waals surface area contributed by atoms with Crippen molar-refractivity contribution in [2.45, 2.75) is 52.4 Å². The molecule has 12 heteroatoms. The third kappa shape index (κ3) is 6.30. The van der Waals surface area contributed by atoms with Gasteiger partial charge in [-0.1, -0.05) is 39.3 Å². The summed E-state index contributed by atoms with van der Waals surface area (Å²) in [4.78, 5) is 40.3. The van der Waals surface area contributed by atoms with Gasteiger partial charge in [-0.2, -0.15) is 4.63 Å². The number of halogens is 1. The number of aromatic amines is 1. The highest BCUT2D eigenvalue weighted by molar-refractivity contribution is 6.34. The molecule has 3 amide bonds. The molecule has 0 aliphatic rings. The number of ether oxygens (including phenoxy) is 1. The van der Waals surface area contributed by atoms with Crippen LogP contribution in [0.2, 0.25) is 5.02 Å². The van der Waals surface area contributed by atoms with E-state index in [0.29, 0.717) is 46.3 Å². The number of hydrogen-bond acceptors (Lipinski definition) is 6. The Kier molecular flexibility index (Phi) is 8.00. The predicted molar refractivity (Wildman–Crippen MR) is 134 cm³/mol. The van der Waals surface area contributed by atoms with Gasteiger partial charge in [-0.05, 0) is 24.6 Å². The maximum Gasteiger partial charge on any atom is 0.319 e. The lowest BCUT2D eigenvalue weighted by atomic mass is 9.92. The first-order valence-corrected chi connectivity index (χ1v) is 11.6. The Hall–Kier alpha value is -3.60. The normalized spacial score (nSPS) is 11.4. The predicted octanol–water partition coefficient (Wildman–Crippen LogP) is 4.10.